The van der Waals surface area contributed by atoms with E-state index in [9.17, 15) is 17.6 Å². The van der Waals surface area contributed by atoms with Gasteiger partial charge in [0, 0.05) is 35.7 Å². The van der Waals surface area contributed by atoms with Gasteiger partial charge in [-0.25, -0.2) is 12.8 Å². The van der Waals surface area contributed by atoms with Crippen LogP contribution in [-0.4, -0.2) is 42.7 Å². The Hall–Kier alpha value is -1.77. The molecule has 8 heteroatoms. The molecule has 0 spiro atoms. The Balaban J connectivity index is 1.62. The summed E-state index contributed by atoms with van der Waals surface area (Å²) in [7, 11) is -3.96. The highest BCUT2D eigenvalue weighted by Crippen LogP contribution is 2.31. The number of hydrogen-bond donors (Lipinski definition) is 0. The first-order valence-corrected chi connectivity index (χ1v) is 12.4. The Kier molecular flexibility index (Phi) is 6.27. The zero-order valence-electron chi connectivity index (χ0n) is 16.6. The maximum absolute atomic E-state index is 14.5. The standard InChI is InChI=1S/C22H24BrFN2O3S/c23-18-6-4-5-16(13-18)15-26(19-8-9-19)22(27)17-7-10-20(24)21(14-17)30(28,29)25-11-2-1-3-12-25/h4-7,10,13-14,19H,1-3,8-9,11-12,15H2. The lowest BCUT2D eigenvalue weighted by Gasteiger charge is -2.26. The molecule has 1 aliphatic heterocycles. The molecule has 0 N–H and O–H groups in total. The van der Waals surface area contributed by atoms with Gasteiger partial charge in [-0.1, -0.05) is 34.5 Å². The van der Waals surface area contributed by atoms with Crippen LogP contribution in [0.2, 0.25) is 0 Å². The van der Waals surface area contributed by atoms with Crippen molar-refractivity contribution in [2.45, 2.75) is 49.6 Å². The molecule has 0 unspecified atom stereocenters. The molecule has 1 amide bonds. The first-order valence-electron chi connectivity index (χ1n) is 10.2. The number of sulfonamides is 1. The van der Waals surface area contributed by atoms with Crippen molar-refractivity contribution in [1.29, 1.82) is 0 Å². The normalized spacial score (nSPS) is 17.7. The number of halogens is 2. The molecule has 5 nitrogen and oxygen atoms in total. The van der Waals surface area contributed by atoms with Crippen molar-refractivity contribution in [1.82, 2.24) is 9.21 Å². The molecule has 30 heavy (non-hydrogen) atoms. The molecule has 4 rings (SSSR count). The van der Waals surface area contributed by atoms with Crippen LogP contribution in [0.25, 0.3) is 0 Å². The van der Waals surface area contributed by atoms with E-state index in [0.717, 1.165) is 48.2 Å². The molecule has 2 fully saturated rings. The van der Waals surface area contributed by atoms with E-state index in [1.807, 2.05) is 24.3 Å². The second kappa shape index (κ2) is 8.77. The highest BCUT2D eigenvalue weighted by Gasteiger charge is 2.35. The lowest BCUT2D eigenvalue weighted by atomic mass is 10.1. The van der Waals surface area contributed by atoms with Crippen molar-refractivity contribution in [2.24, 2.45) is 0 Å². The molecule has 2 aliphatic rings. The minimum atomic E-state index is -3.96. The van der Waals surface area contributed by atoms with Gasteiger partial charge in [0.05, 0.1) is 0 Å². The summed E-state index contributed by atoms with van der Waals surface area (Å²) in [5.74, 6) is -1.09. The van der Waals surface area contributed by atoms with Gasteiger partial charge in [0.25, 0.3) is 5.91 Å². The van der Waals surface area contributed by atoms with E-state index >= 15 is 0 Å². The fourth-order valence-corrected chi connectivity index (χ4v) is 5.88. The summed E-state index contributed by atoms with van der Waals surface area (Å²) in [5, 5.41) is 0. The largest absolute Gasteiger partial charge is 0.331 e. The van der Waals surface area contributed by atoms with Crippen LogP contribution in [0.15, 0.2) is 51.8 Å². The Morgan fingerprint density at radius 3 is 2.50 bits per heavy atom. The summed E-state index contributed by atoms with van der Waals surface area (Å²) in [6.07, 6.45) is 4.34. The molecule has 0 bridgehead atoms. The molecule has 1 saturated carbocycles. The second-order valence-corrected chi connectivity index (χ2v) is 10.7. The molecule has 1 aliphatic carbocycles. The quantitative estimate of drug-likeness (QED) is 0.590. The Bertz CT molecular complexity index is 1050. The number of nitrogens with zero attached hydrogens (tertiary/aromatic N) is 2. The van der Waals surface area contributed by atoms with Gasteiger partial charge in [-0.3, -0.25) is 4.79 Å². The Labute approximate surface area is 185 Å². The van der Waals surface area contributed by atoms with E-state index in [1.54, 1.807) is 4.90 Å². The van der Waals surface area contributed by atoms with Crippen LogP contribution in [0.3, 0.4) is 0 Å². The fraction of sp³-hybridized carbons (Fsp3) is 0.409. The van der Waals surface area contributed by atoms with Gasteiger partial charge >= 0.3 is 0 Å². The van der Waals surface area contributed by atoms with Crippen LogP contribution in [0, 0.1) is 5.82 Å². The highest BCUT2D eigenvalue weighted by atomic mass is 79.9. The van der Waals surface area contributed by atoms with E-state index in [-0.39, 0.29) is 17.5 Å². The molecule has 2 aromatic carbocycles. The van der Waals surface area contributed by atoms with Crippen molar-refractivity contribution in [2.75, 3.05) is 13.1 Å². The number of carbonyl (C=O) groups is 1. The fourth-order valence-electron chi connectivity index (χ4n) is 3.83. The maximum Gasteiger partial charge on any atom is 0.254 e. The first kappa shape index (κ1) is 21.5. The van der Waals surface area contributed by atoms with Gasteiger partial charge in [-0.15, -0.1) is 0 Å². The van der Waals surface area contributed by atoms with Crippen molar-refractivity contribution >= 4 is 31.9 Å². The molecule has 0 aromatic heterocycles. The average molecular weight is 495 g/mol. The minimum absolute atomic E-state index is 0.128. The minimum Gasteiger partial charge on any atom is -0.331 e. The zero-order chi connectivity index (χ0) is 21.3. The number of piperidine rings is 1. The van der Waals surface area contributed by atoms with Crippen molar-refractivity contribution in [3.8, 4) is 0 Å². The van der Waals surface area contributed by atoms with Gasteiger partial charge < -0.3 is 4.90 Å². The van der Waals surface area contributed by atoms with E-state index in [2.05, 4.69) is 15.9 Å². The molecule has 1 saturated heterocycles. The maximum atomic E-state index is 14.5. The van der Waals surface area contributed by atoms with Crippen LogP contribution in [0.5, 0.6) is 0 Å². The topological polar surface area (TPSA) is 57.7 Å². The van der Waals surface area contributed by atoms with Crippen LogP contribution in [0.1, 0.15) is 48.0 Å². The van der Waals surface area contributed by atoms with Gasteiger partial charge in [0.15, 0.2) is 0 Å². The summed E-state index contributed by atoms with van der Waals surface area (Å²) in [6.45, 7) is 1.20. The van der Waals surface area contributed by atoms with Gasteiger partial charge in [0.2, 0.25) is 10.0 Å². The summed E-state index contributed by atoms with van der Waals surface area (Å²) in [4.78, 5) is 14.6. The number of amides is 1. The molecule has 1 heterocycles. The van der Waals surface area contributed by atoms with Gasteiger partial charge in [-0.05, 0) is 61.6 Å². The second-order valence-electron chi connectivity index (χ2n) is 7.90. The van der Waals surface area contributed by atoms with E-state index in [4.69, 9.17) is 0 Å². The van der Waals surface area contributed by atoms with Crippen molar-refractivity contribution in [3.05, 3.63) is 63.9 Å². The third kappa shape index (κ3) is 4.60. The number of hydrogen-bond acceptors (Lipinski definition) is 3. The van der Waals surface area contributed by atoms with Crippen molar-refractivity contribution < 1.29 is 17.6 Å². The first-order chi connectivity index (χ1) is 14.4. The number of rotatable bonds is 6. The van der Waals surface area contributed by atoms with E-state index in [1.165, 1.54) is 16.4 Å². The van der Waals surface area contributed by atoms with E-state index in [0.29, 0.717) is 19.6 Å². The monoisotopic (exact) mass is 494 g/mol. The predicted molar refractivity (Wildman–Crippen MR) is 116 cm³/mol. The third-order valence-electron chi connectivity index (χ3n) is 5.60. The lowest BCUT2D eigenvalue weighted by molar-refractivity contribution is 0.0729. The lowest BCUT2D eigenvalue weighted by Crippen LogP contribution is -2.36. The van der Waals surface area contributed by atoms with Gasteiger partial charge in [0.1, 0.15) is 10.7 Å². The Morgan fingerprint density at radius 1 is 1.10 bits per heavy atom. The molecular formula is C22H24BrFN2O3S. The predicted octanol–water partition coefficient (Wildman–Crippen LogP) is 4.57. The SMILES string of the molecule is O=C(c1ccc(F)c(S(=O)(=O)N2CCCCC2)c1)N(Cc1cccc(Br)c1)C1CC1. The average Bonchev–Trinajstić information content (AvgIpc) is 3.58. The molecule has 0 radical (unpaired) electrons. The van der Waals surface area contributed by atoms with Crippen molar-refractivity contribution in [3.63, 3.8) is 0 Å². The zero-order valence-corrected chi connectivity index (χ0v) is 19.0. The van der Waals surface area contributed by atoms with Crippen LogP contribution in [0.4, 0.5) is 4.39 Å². The van der Waals surface area contributed by atoms with Crippen LogP contribution >= 0.6 is 15.9 Å². The molecular weight excluding hydrogens is 471 g/mol. The highest BCUT2D eigenvalue weighted by molar-refractivity contribution is 9.10. The number of carbonyl (C=O) groups excluding carboxylic acids is 1. The molecule has 2 aromatic rings. The number of benzene rings is 2. The van der Waals surface area contributed by atoms with Crippen LogP contribution < -0.4 is 0 Å². The van der Waals surface area contributed by atoms with Gasteiger partial charge in [-0.2, -0.15) is 4.31 Å². The van der Waals surface area contributed by atoms with E-state index < -0.39 is 20.7 Å². The van der Waals surface area contributed by atoms with Crippen LogP contribution in [-0.2, 0) is 16.6 Å². The molecule has 160 valence electrons. The summed E-state index contributed by atoms with van der Waals surface area (Å²) >= 11 is 3.45. The smallest absolute Gasteiger partial charge is 0.254 e. The summed E-state index contributed by atoms with van der Waals surface area (Å²) < 4.78 is 42.7. The molecule has 0 atom stereocenters. The summed E-state index contributed by atoms with van der Waals surface area (Å²) in [5.41, 5.74) is 1.18. The Morgan fingerprint density at radius 2 is 1.83 bits per heavy atom. The summed E-state index contributed by atoms with van der Waals surface area (Å²) in [6, 6.07) is 11.5. The third-order valence-corrected chi connectivity index (χ3v) is 8.01.